The minimum absolute atomic E-state index is 0.0921. The largest absolute Gasteiger partial charge is 0.369 e. The maximum absolute atomic E-state index is 12.0. The molecule has 25 heavy (non-hydrogen) atoms. The minimum atomic E-state index is -0.275. The Morgan fingerprint density at radius 1 is 1.24 bits per heavy atom. The zero-order chi connectivity index (χ0) is 17.8. The molecule has 1 heterocycles. The van der Waals surface area contributed by atoms with E-state index >= 15 is 0 Å². The number of nitrogens with two attached hydrogens (primary N) is 1. The standard InChI is InChI=1S/C19H16N4O2/c1-2-9-23(15-6-3-13(12-24)4-7-15)11-14-5-8-17-16(10-14)18(25)22-19(20)21-17/h1,3-8,10,12H,9,11H2,(H3,20,21,22,25). The highest BCUT2D eigenvalue weighted by atomic mass is 16.1. The Morgan fingerprint density at radius 3 is 2.68 bits per heavy atom. The van der Waals surface area contributed by atoms with Gasteiger partial charge in [-0.05, 0) is 42.0 Å². The number of nitrogens with one attached hydrogen (secondary N) is 1. The minimum Gasteiger partial charge on any atom is -0.369 e. The number of aromatic amines is 1. The van der Waals surface area contributed by atoms with E-state index in [2.05, 4.69) is 15.9 Å². The molecule has 124 valence electrons. The molecule has 0 amide bonds. The highest BCUT2D eigenvalue weighted by Gasteiger charge is 2.09. The van der Waals surface area contributed by atoms with E-state index in [0.717, 1.165) is 17.5 Å². The van der Waals surface area contributed by atoms with E-state index in [1.54, 1.807) is 24.3 Å². The van der Waals surface area contributed by atoms with E-state index in [1.165, 1.54) is 0 Å². The molecule has 0 spiro atoms. The van der Waals surface area contributed by atoms with Crippen LogP contribution in [0.3, 0.4) is 0 Å². The molecule has 0 aliphatic heterocycles. The lowest BCUT2D eigenvalue weighted by atomic mass is 10.1. The average molecular weight is 332 g/mol. The highest BCUT2D eigenvalue weighted by molar-refractivity contribution is 5.79. The zero-order valence-electron chi connectivity index (χ0n) is 13.4. The number of benzene rings is 2. The van der Waals surface area contributed by atoms with Gasteiger partial charge in [-0.3, -0.25) is 14.6 Å². The summed E-state index contributed by atoms with van der Waals surface area (Å²) in [4.78, 5) is 31.4. The van der Waals surface area contributed by atoms with Crippen molar-refractivity contribution in [2.24, 2.45) is 0 Å². The van der Waals surface area contributed by atoms with Gasteiger partial charge in [0.1, 0.15) is 6.29 Å². The summed E-state index contributed by atoms with van der Waals surface area (Å²) >= 11 is 0. The molecule has 0 saturated carbocycles. The number of carbonyl (C=O) groups is 1. The van der Waals surface area contributed by atoms with Gasteiger partial charge >= 0.3 is 0 Å². The van der Waals surface area contributed by atoms with Gasteiger partial charge in [0.2, 0.25) is 5.95 Å². The molecule has 0 unspecified atom stereocenters. The van der Waals surface area contributed by atoms with E-state index < -0.39 is 0 Å². The van der Waals surface area contributed by atoms with Crippen molar-refractivity contribution in [1.29, 1.82) is 0 Å². The number of aldehydes is 1. The second-order valence-electron chi connectivity index (χ2n) is 5.57. The second-order valence-corrected chi connectivity index (χ2v) is 5.57. The Bertz CT molecular complexity index is 1020. The molecule has 0 aliphatic carbocycles. The fraction of sp³-hybridized carbons (Fsp3) is 0.105. The Hall–Kier alpha value is -3.59. The first-order valence-corrected chi connectivity index (χ1v) is 7.63. The summed E-state index contributed by atoms with van der Waals surface area (Å²) in [5, 5.41) is 0.476. The van der Waals surface area contributed by atoms with Crippen LogP contribution in [-0.2, 0) is 6.54 Å². The van der Waals surface area contributed by atoms with Gasteiger partial charge in [-0.15, -0.1) is 6.42 Å². The topological polar surface area (TPSA) is 92.1 Å². The first-order chi connectivity index (χ1) is 12.1. The van der Waals surface area contributed by atoms with Crippen LogP contribution in [0, 0.1) is 12.3 Å². The second kappa shape index (κ2) is 6.89. The Balaban J connectivity index is 1.94. The quantitative estimate of drug-likeness (QED) is 0.550. The maximum Gasteiger partial charge on any atom is 0.260 e. The van der Waals surface area contributed by atoms with Crippen molar-refractivity contribution in [2.45, 2.75) is 6.54 Å². The molecule has 0 bridgehead atoms. The highest BCUT2D eigenvalue weighted by Crippen LogP contribution is 2.19. The number of anilines is 2. The van der Waals surface area contributed by atoms with Crippen LogP contribution in [0.4, 0.5) is 11.6 Å². The Kier molecular flexibility index (Phi) is 4.48. The van der Waals surface area contributed by atoms with Crippen molar-refractivity contribution in [3.63, 3.8) is 0 Å². The molecule has 0 aliphatic rings. The monoisotopic (exact) mass is 332 g/mol. The van der Waals surface area contributed by atoms with E-state index in [0.29, 0.717) is 29.6 Å². The van der Waals surface area contributed by atoms with Crippen LogP contribution in [0.2, 0.25) is 0 Å². The molecular formula is C19H16N4O2. The summed E-state index contributed by atoms with van der Waals surface area (Å²) in [6, 6.07) is 12.6. The van der Waals surface area contributed by atoms with Crippen LogP contribution in [0.5, 0.6) is 0 Å². The number of hydrogen-bond donors (Lipinski definition) is 2. The van der Waals surface area contributed by atoms with Gasteiger partial charge in [0.25, 0.3) is 5.56 Å². The first-order valence-electron chi connectivity index (χ1n) is 7.63. The number of rotatable bonds is 5. The lowest BCUT2D eigenvalue weighted by Gasteiger charge is -2.23. The Labute approximate surface area is 144 Å². The Morgan fingerprint density at radius 2 is 2.00 bits per heavy atom. The number of nitrogens with zero attached hydrogens (tertiary/aromatic N) is 2. The van der Waals surface area contributed by atoms with Crippen LogP contribution in [0.15, 0.2) is 47.3 Å². The number of carbonyl (C=O) groups excluding carboxylic acids is 1. The van der Waals surface area contributed by atoms with E-state index in [1.807, 2.05) is 23.1 Å². The fourth-order valence-corrected chi connectivity index (χ4v) is 2.64. The van der Waals surface area contributed by atoms with Crippen molar-refractivity contribution in [3.05, 3.63) is 63.9 Å². The van der Waals surface area contributed by atoms with Gasteiger partial charge in [0, 0.05) is 17.8 Å². The van der Waals surface area contributed by atoms with Gasteiger partial charge in [0.05, 0.1) is 17.4 Å². The first kappa shape index (κ1) is 16.3. The summed E-state index contributed by atoms with van der Waals surface area (Å²) in [7, 11) is 0. The maximum atomic E-state index is 12.0. The van der Waals surface area contributed by atoms with Gasteiger partial charge < -0.3 is 10.6 Å². The van der Waals surface area contributed by atoms with Crippen LogP contribution in [-0.4, -0.2) is 22.8 Å². The molecule has 6 heteroatoms. The van der Waals surface area contributed by atoms with Crippen molar-refractivity contribution in [3.8, 4) is 12.3 Å². The summed E-state index contributed by atoms with van der Waals surface area (Å²) in [6.07, 6.45) is 6.28. The van der Waals surface area contributed by atoms with E-state index in [9.17, 15) is 9.59 Å². The van der Waals surface area contributed by atoms with Gasteiger partial charge in [-0.1, -0.05) is 12.0 Å². The number of hydrogen-bond acceptors (Lipinski definition) is 5. The van der Waals surface area contributed by atoms with Gasteiger partial charge in [0.15, 0.2) is 0 Å². The summed E-state index contributed by atoms with van der Waals surface area (Å²) in [5.41, 5.74) is 8.25. The van der Waals surface area contributed by atoms with Crippen LogP contribution >= 0.6 is 0 Å². The number of aromatic nitrogens is 2. The molecule has 0 fully saturated rings. The number of terminal acetylenes is 1. The molecule has 3 rings (SSSR count). The third-order valence-electron chi connectivity index (χ3n) is 3.84. The van der Waals surface area contributed by atoms with E-state index in [4.69, 9.17) is 12.2 Å². The van der Waals surface area contributed by atoms with Crippen LogP contribution in [0.1, 0.15) is 15.9 Å². The molecule has 3 N–H and O–H groups in total. The molecule has 0 atom stereocenters. The fourth-order valence-electron chi connectivity index (χ4n) is 2.64. The smallest absolute Gasteiger partial charge is 0.260 e. The normalized spacial score (nSPS) is 10.4. The predicted molar refractivity (Wildman–Crippen MR) is 98.5 cm³/mol. The van der Waals surface area contributed by atoms with Gasteiger partial charge in [-0.25, -0.2) is 4.98 Å². The molecule has 0 radical (unpaired) electrons. The lowest BCUT2D eigenvalue weighted by molar-refractivity contribution is 0.112. The zero-order valence-corrected chi connectivity index (χ0v) is 13.4. The number of fused-ring (bicyclic) bond motifs is 1. The van der Waals surface area contributed by atoms with Crippen LogP contribution in [0.25, 0.3) is 10.9 Å². The van der Waals surface area contributed by atoms with Crippen molar-refractivity contribution < 1.29 is 4.79 Å². The van der Waals surface area contributed by atoms with Crippen molar-refractivity contribution >= 4 is 28.8 Å². The molecule has 1 aromatic heterocycles. The molecular weight excluding hydrogens is 316 g/mol. The summed E-state index contributed by atoms with van der Waals surface area (Å²) < 4.78 is 0. The third kappa shape index (κ3) is 3.51. The molecule has 0 saturated heterocycles. The molecule has 6 nitrogen and oxygen atoms in total. The van der Waals surface area contributed by atoms with Gasteiger partial charge in [-0.2, -0.15) is 0 Å². The SMILES string of the molecule is C#CCN(Cc1ccc2nc(N)[nH]c(=O)c2c1)c1ccc(C=O)cc1. The lowest BCUT2D eigenvalue weighted by Crippen LogP contribution is -2.23. The number of nitrogen functional groups attached to an aromatic ring is 1. The van der Waals surface area contributed by atoms with Crippen molar-refractivity contribution in [2.75, 3.05) is 17.2 Å². The van der Waals surface area contributed by atoms with E-state index in [-0.39, 0.29) is 11.5 Å². The molecule has 3 aromatic rings. The summed E-state index contributed by atoms with van der Waals surface area (Å²) in [5.74, 6) is 2.72. The summed E-state index contributed by atoms with van der Waals surface area (Å²) in [6.45, 7) is 0.916. The molecule has 2 aromatic carbocycles. The predicted octanol–water partition coefficient (Wildman–Crippen LogP) is 1.96. The number of H-pyrrole nitrogens is 1. The van der Waals surface area contributed by atoms with Crippen molar-refractivity contribution in [1.82, 2.24) is 9.97 Å². The average Bonchev–Trinajstić information content (AvgIpc) is 2.62. The van der Waals surface area contributed by atoms with Crippen LogP contribution < -0.4 is 16.2 Å². The third-order valence-corrected chi connectivity index (χ3v) is 3.84.